The van der Waals surface area contributed by atoms with Crippen LogP contribution in [-0.2, 0) is 11.3 Å². The number of carbonyl (C=O) groups excluding carboxylic acids is 1. The van der Waals surface area contributed by atoms with Crippen molar-refractivity contribution in [3.05, 3.63) is 89.0 Å². The molecule has 1 heterocycles. The van der Waals surface area contributed by atoms with Gasteiger partial charge in [0, 0.05) is 22.4 Å². The van der Waals surface area contributed by atoms with Crippen molar-refractivity contribution < 1.29 is 13.6 Å². The number of amides is 1. The number of carbonyl (C=O) groups is 1. The van der Waals surface area contributed by atoms with Gasteiger partial charge in [0.1, 0.15) is 11.3 Å². The molecule has 0 aliphatic heterocycles. The Hall–Kier alpha value is -2.48. The Morgan fingerprint density at radius 2 is 1.81 bits per heavy atom. The molecule has 4 aromatic rings. The summed E-state index contributed by atoms with van der Waals surface area (Å²) < 4.78 is 28.2. The molecule has 0 saturated heterocycles. The van der Waals surface area contributed by atoms with Gasteiger partial charge < -0.3 is 0 Å². The minimum atomic E-state index is -0.728. The second-order valence-electron chi connectivity index (χ2n) is 7.10. The molecule has 32 heavy (non-hydrogen) atoms. The Bertz CT molecular complexity index is 1220. The molecule has 0 spiro atoms. The Morgan fingerprint density at radius 3 is 2.56 bits per heavy atom. The van der Waals surface area contributed by atoms with Gasteiger partial charge in [-0.15, -0.1) is 11.8 Å². The van der Waals surface area contributed by atoms with E-state index in [1.54, 1.807) is 16.7 Å². The summed E-state index contributed by atoms with van der Waals surface area (Å²) in [6, 6.07) is 19.2. The predicted molar refractivity (Wildman–Crippen MR) is 129 cm³/mol. The highest BCUT2D eigenvalue weighted by atomic mass is 35.5. The Balaban J connectivity index is 1.49. The fraction of sp³-hybridized carbons (Fsp3) is 0.167. The molecule has 0 aliphatic rings. The first-order valence-corrected chi connectivity index (χ1v) is 12.2. The monoisotopic (exact) mass is 488 g/mol. The number of hydrogen-bond acceptors (Lipinski definition) is 4. The molecular formula is C24H19ClF2N2OS2. The highest BCUT2D eigenvalue weighted by molar-refractivity contribution is 7.99. The maximum atomic E-state index is 14.2. The molecule has 0 atom stereocenters. The second kappa shape index (κ2) is 10.4. The van der Waals surface area contributed by atoms with Crippen molar-refractivity contribution in [2.45, 2.75) is 24.3 Å². The molecule has 0 radical (unpaired) electrons. The maximum Gasteiger partial charge on any atom is 0.229 e. The lowest BCUT2D eigenvalue weighted by Gasteiger charge is -2.20. The van der Waals surface area contributed by atoms with Crippen molar-refractivity contribution in [3.63, 3.8) is 0 Å². The van der Waals surface area contributed by atoms with Crippen LogP contribution in [0.4, 0.5) is 13.9 Å². The number of halogens is 3. The van der Waals surface area contributed by atoms with Crippen molar-refractivity contribution in [2.24, 2.45) is 0 Å². The van der Waals surface area contributed by atoms with Crippen LogP contribution in [0, 0.1) is 11.6 Å². The fourth-order valence-corrected chi connectivity index (χ4v) is 5.17. The van der Waals surface area contributed by atoms with E-state index >= 15 is 0 Å². The maximum absolute atomic E-state index is 14.2. The standard InChI is InChI=1S/C24H19ClF2N2OS2/c25-17-8-10-19(11-9-17)31-12-4-7-22(30)29(15-16-5-2-1-3-6-16)24-28-23-20(27)13-18(26)14-21(23)32-24/h1-3,5-6,8-11,13-14H,4,7,12,15H2. The lowest BCUT2D eigenvalue weighted by Crippen LogP contribution is -2.30. The average Bonchev–Trinajstić information content (AvgIpc) is 3.21. The van der Waals surface area contributed by atoms with Gasteiger partial charge in [0.2, 0.25) is 5.91 Å². The molecule has 3 nitrogen and oxygen atoms in total. The zero-order valence-corrected chi connectivity index (χ0v) is 19.3. The third-order valence-corrected chi connectivity index (χ3v) is 7.11. The molecule has 1 amide bonds. The summed E-state index contributed by atoms with van der Waals surface area (Å²) in [6.07, 6.45) is 0.992. The minimum Gasteiger partial charge on any atom is -0.284 e. The third kappa shape index (κ3) is 5.65. The smallest absolute Gasteiger partial charge is 0.229 e. The predicted octanol–water partition coefficient (Wildman–Crippen LogP) is 7.33. The zero-order valence-electron chi connectivity index (χ0n) is 16.9. The van der Waals surface area contributed by atoms with Gasteiger partial charge in [0.15, 0.2) is 10.9 Å². The van der Waals surface area contributed by atoms with Gasteiger partial charge in [0.25, 0.3) is 0 Å². The quantitative estimate of drug-likeness (QED) is 0.192. The summed E-state index contributed by atoms with van der Waals surface area (Å²) in [7, 11) is 0. The Morgan fingerprint density at radius 1 is 1.06 bits per heavy atom. The zero-order chi connectivity index (χ0) is 22.5. The van der Waals surface area contributed by atoms with Crippen molar-refractivity contribution in [3.8, 4) is 0 Å². The summed E-state index contributed by atoms with van der Waals surface area (Å²) in [5.74, 6) is -0.725. The lowest BCUT2D eigenvalue weighted by atomic mass is 10.2. The van der Waals surface area contributed by atoms with Crippen LogP contribution in [0.25, 0.3) is 10.2 Å². The van der Waals surface area contributed by atoms with Gasteiger partial charge in [-0.3, -0.25) is 9.69 Å². The highest BCUT2D eigenvalue weighted by Gasteiger charge is 2.21. The number of thiazole rings is 1. The molecule has 164 valence electrons. The molecule has 0 aliphatic carbocycles. The van der Waals surface area contributed by atoms with E-state index < -0.39 is 11.6 Å². The van der Waals surface area contributed by atoms with Crippen LogP contribution in [0.1, 0.15) is 18.4 Å². The molecule has 0 saturated carbocycles. The van der Waals surface area contributed by atoms with Crippen molar-refractivity contribution in [2.75, 3.05) is 10.7 Å². The van der Waals surface area contributed by atoms with E-state index in [-0.39, 0.29) is 11.4 Å². The summed E-state index contributed by atoms with van der Waals surface area (Å²) in [5.41, 5.74) is 1.01. The molecule has 4 rings (SSSR count). The first-order chi connectivity index (χ1) is 15.5. The van der Waals surface area contributed by atoms with E-state index in [1.807, 2.05) is 54.6 Å². The molecule has 0 fully saturated rings. The van der Waals surface area contributed by atoms with Gasteiger partial charge in [-0.05, 0) is 48.1 Å². The number of benzene rings is 3. The second-order valence-corrected chi connectivity index (χ2v) is 9.72. The molecule has 0 unspecified atom stereocenters. The van der Waals surface area contributed by atoms with Crippen molar-refractivity contribution >= 4 is 56.0 Å². The SMILES string of the molecule is O=C(CCCSc1ccc(Cl)cc1)N(Cc1ccccc1)c1nc2c(F)cc(F)cc2s1. The van der Waals surface area contributed by atoms with Gasteiger partial charge >= 0.3 is 0 Å². The summed E-state index contributed by atoms with van der Waals surface area (Å²) in [4.78, 5) is 20.1. The fourth-order valence-electron chi connectivity index (χ4n) is 3.17. The van der Waals surface area contributed by atoms with Crippen LogP contribution in [-0.4, -0.2) is 16.6 Å². The number of hydrogen-bond donors (Lipinski definition) is 0. The van der Waals surface area contributed by atoms with Crippen LogP contribution in [0.15, 0.2) is 71.6 Å². The number of anilines is 1. The van der Waals surface area contributed by atoms with Crippen LogP contribution in [0.5, 0.6) is 0 Å². The van der Waals surface area contributed by atoms with Gasteiger partial charge in [0.05, 0.1) is 11.2 Å². The van der Waals surface area contributed by atoms with Crippen LogP contribution >= 0.6 is 34.7 Å². The summed E-state index contributed by atoms with van der Waals surface area (Å²) in [6.45, 7) is 0.313. The van der Waals surface area contributed by atoms with E-state index in [0.29, 0.717) is 34.2 Å². The molecular weight excluding hydrogens is 470 g/mol. The molecule has 8 heteroatoms. The third-order valence-electron chi connectivity index (χ3n) is 4.73. The average molecular weight is 489 g/mol. The normalized spacial score (nSPS) is 11.1. The van der Waals surface area contributed by atoms with Gasteiger partial charge in [-0.1, -0.05) is 53.3 Å². The molecule has 3 aromatic carbocycles. The first-order valence-electron chi connectivity index (χ1n) is 9.98. The van der Waals surface area contributed by atoms with E-state index in [2.05, 4.69) is 4.98 Å². The number of aromatic nitrogens is 1. The largest absolute Gasteiger partial charge is 0.284 e. The summed E-state index contributed by atoms with van der Waals surface area (Å²) >= 11 is 8.68. The van der Waals surface area contributed by atoms with Crippen LogP contribution < -0.4 is 4.90 Å². The number of thioether (sulfide) groups is 1. The van der Waals surface area contributed by atoms with Crippen molar-refractivity contribution in [1.29, 1.82) is 0 Å². The van der Waals surface area contributed by atoms with E-state index in [0.717, 1.165) is 33.6 Å². The van der Waals surface area contributed by atoms with Crippen molar-refractivity contribution in [1.82, 2.24) is 4.98 Å². The minimum absolute atomic E-state index is 0.0792. The number of fused-ring (bicyclic) bond motifs is 1. The lowest BCUT2D eigenvalue weighted by molar-refractivity contribution is -0.118. The topological polar surface area (TPSA) is 33.2 Å². The van der Waals surface area contributed by atoms with E-state index in [9.17, 15) is 13.6 Å². The Kier molecular flexibility index (Phi) is 7.40. The number of rotatable bonds is 8. The molecule has 0 bridgehead atoms. The van der Waals surface area contributed by atoms with E-state index in [1.165, 1.54) is 6.07 Å². The van der Waals surface area contributed by atoms with Crippen LogP contribution in [0.3, 0.4) is 0 Å². The molecule has 0 N–H and O–H groups in total. The van der Waals surface area contributed by atoms with Gasteiger partial charge in [-0.2, -0.15) is 0 Å². The Labute approximate surface area is 198 Å². The first kappa shape index (κ1) is 22.7. The van der Waals surface area contributed by atoms with Gasteiger partial charge in [-0.25, -0.2) is 13.8 Å². The van der Waals surface area contributed by atoms with E-state index in [4.69, 9.17) is 11.6 Å². The summed E-state index contributed by atoms with van der Waals surface area (Å²) in [5, 5.41) is 1.05. The highest BCUT2D eigenvalue weighted by Crippen LogP contribution is 2.32. The number of nitrogens with zero attached hydrogens (tertiary/aromatic N) is 2. The van der Waals surface area contributed by atoms with Crippen LogP contribution in [0.2, 0.25) is 5.02 Å². The molecule has 1 aromatic heterocycles.